The number of amides is 2. The van der Waals surface area contributed by atoms with E-state index in [0.717, 1.165) is 19.3 Å². The van der Waals surface area contributed by atoms with Crippen molar-refractivity contribution in [1.29, 1.82) is 0 Å². The van der Waals surface area contributed by atoms with Crippen LogP contribution in [-0.2, 0) is 9.59 Å². The molecule has 2 rings (SSSR count). The molecule has 0 aromatic carbocycles. The van der Waals surface area contributed by atoms with Crippen LogP contribution >= 0.6 is 0 Å². The number of hydrogen-bond donors (Lipinski definition) is 0. The molecule has 0 aromatic rings. The molecule has 0 spiro atoms. The fraction of sp³-hybridized carbons (Fsp3) is 0.800. The van der Waals surface area contributed by atoms with Crippen LogP contribution in [-0.4, -0.2) is 48.3 Å². The topological polar surface area (TPSA) is 40.6 Å². The molecular formula is C10H16N2O2. The second-order valence-electron chi connectivity index (χ2n) is 4.09. The van der Waals surface area contributed by atoms with E-state index in [1.54, 1.807) is 4.90 Å². The maximum absolute atomic E-state index is 11.8. The lowest BCUT2D eigenvalue weighted by atomic mass is 9.84. The Labute approximate surface area is 83.9 Å². The molecule has 0 unspecified atom stereocenters. The summed E-state index contributed by atoms with van der Waals surface area (Å²) in [6.45, 7) is 2.83. The standard InChI is InChI=1S/C10H16N2O2/c13-8-11-4-6-12(7-5-11)10(14)9-2-1-3-9/h8-9H,1-7H2. The van der Waals surface area contributed by atoms with Crippen molar-refractivity contribution < 1.29 is 9.59 Å². The van der Waals surface area contributed by atoms with Gasteiger partial charge in [0.05, 0.1) is 0 Å². The van der Waals surface area contributed by atoms with E-state index >= 15 is 0 Å². The van der Waals surface area contributed by atoms with E-state index in [4.69, 9.17) is 0 Å². The van der Waals surface area contributed by atoms with Gasteiger partial charge in [-0.05, 0) is 12.8 Å². The fourth-order valence-corrected chi connectivity index (χ4v) is 1.96. The first-order valence-corrected chi connectivity index (χ1v) is 5.29. The maximum Gasteiger partial charge on any atom is 0.225 e. The monoisotopic (exact) mass is 196 g/mol. The highest BCUT2D eigenvalue weighted by atomic mass is 16.2. The van der Waals surface area contributed by atoms with E-state index < -0.39 is 0 Å². The van der Waals surface area contributed by atoms with Gasteiger partial charge in [-0.1, -0.05) is 6.42 Å². The first kappa shape index (κ1) is 9.49. The van der Waals surface area contributed by atoms with Crippen molar-refractivity contribution in [2.45, 2.75) is 19.3 Å². The SMILES string of the molecule is O=CN1CCN(C(=O)C2CCC2)CC1. The summed E-state index contributed by atoms with van der Waals surface area (Å²) in [5.41, 5.74) is 0. The zero-order chi connectivity index (χ0) is 9.97. The van der Waals surface area contributed by atoms with E-state index in [0.29, 0.717) is 32.1 Å². The van der Waals surface area contributed by atoms with Crippen LogP contribution in [0.25, 0.3) is 0 Å². The van der Waals surface area contributed by atoms with Crippen molar-refractivity contribution in [1.82, 2.24) is 9.80 Å². The molecule has 1 aliphatic carbocycles. The average molecular weight is 196 g/mol. The maximum atomic E-state index is 11.8. The summed E-state index contributed by atoms with van der Waals surface area (Å²) in [7, 11) is 0. The molecule has 1 saturated carbocycles. The van der Waals surface area contributed by atoms with Crippen molar-refractivity contribution in [2.75, 3.05) is 26.2 Å². The lowest BCUT2D eigenvalue weighted by Gasteiger charge is -2.36. The van der Waals surface area contributed by atoms with Crippen molar-refractivity contribution in [3.63, 3.8) is 0 Å². The molecule has 4 nitrogen and oxygen atoms in total. The predicted octanol–water partition coefficient (Wildman–Crippen LogP) is 0.0871. The third kappa shape index (κ3) is 1.74. The molecule has 2 aliphatic rings. The number of carbonyl (C=O) groups is 2. The predicted molar refractivity (Wildman–Crippen MR) is 51.6 cm³/mol. The highest BCUT2D eigenvalue weighted by Gasteiger charge is 2.30. The Balaban J connectivity index is 1.82. The number of piperazine rings is 1. The Morgan fingerprint density at radius 3 is 2.21 bits per heavy atom. The molecule has 0 bridgehead atoms. The van der Waals surface area contributed by atoms with E-state index in [1.165, 1.54) is 6.42 Å². The van der Waals surface area contributed by atoms with Crippen LogP contribution in [0.4, 0.5) is 0 Å². The third-order valence-electron chi connectivity index (χ3n) is 3.23. The van der Waals surface area contributed by atoms with Crippen LogP contribution in [0.2, 0.25) is 0 Å². The quantitative estimate of drug-likeness (QED) is 0.587. The van der Waals surface area contributed by atoms with Gasteiger partial charge in [0.2, 0.25) is 12.3 Å². The molecule has 0 radical (unpaired) electrons. The van der Waals surface area contributed by atoms with E-state index in [1.807, 2.05) is 4.90 Å². The Bertz CT molecular complexity index is 230. The highest BCUT2D eigenvalue weighted by molar-refractivity contribution is 5.79. The van der Waals surface area contributed by atoms with Gasteiger partial charge >= 0.3 is 0 Å². The van der Waals surface area contributed by atoms with Crippen molar-refractivity contribution in [3.8, 4) is 0 Å². The van der Waals surface area contributed by atoms with Gasteiger partial charge < -0.3 is 9.80 Å². The van der Waals surface area contributed by atoms with E-state index in [9.17, 15) is 9.59 Å². The van der Waals surface area contributed by atoms with Crippen LogP contribution in [0.1, 0.15) is 19.3 Å². The average Bonchev–Trinajstić information content (AvgIpc) is 2.15. The van der Waals surface area contributed by atoms with E-state index in [2.05, 4.69) is 0 Å². The van der Waals surface area contributed by atoms with Gasteiger partial charge in [0, 0.05) is 32.1 Å². The zero-order valence-electron chi connectivity index (χ0n) is 8.32. The number of hydrogen-bond acceptors (Lipinski definition) is 2. The Morgan fingerprint density at radius 2 is 1.79 bits per heavy atom. The third-order valence-corrected chi connectivity index (χ3v) is 3.23. The molecule has 4 heteroatoms. The first-order chi connectivity index (χ1) is 6.81. The van der Waals surface area contributed by atoms with Gasteiger partial charge in [0.25, 0.3) is 0 Å². The number of rotatable bonds is 2. The molecule has 2 fully saturated rings. The summed E-state index contributed by atoms with van der Waals surface area (Å²) in [5.74, 6) is 0.597. The molecule has 0 aromatic heterocycles. The smallest absolute Gasteiger partial charge is 0.225 e. The molecular weight excluding hydrogens is 180 g/mol. The van der Waals surface area contributed by atoms with E-state index in [-0.39, 0.29) is 5.92 Å². The largest absolute Gasteiger partial charge is 0.342 e. The van der Waals surface area contributed by atoms with Crippen LogP contribution in [0, 0.1) is 5.92 Å². The van der Waals surface area contributed by atoms with Gasteiger partial charge in [-0.3, -0.25) is 9.59 Å². The highest BCUT2D eigenvalue weighted by Crippen LogP contribution is 2.28. The second kappa shape index (κ2) is 3.98. The van der Waals surface area contributed by atoms with Crippen LogP contribution in [0.3, 0.4) is 0 Å². The summed E-state index contributed by atoms with van der Waals surface area (Å²) in [6, 6.07) is 0. The number of carbonyl (C=O) groups excluding carboxylic acids is 2. The van der Waals surface area contributed by atoms with Crippen molar-refractivity contribution in [3.05, 3.63) is 0 Å². The lowest BCUT2D eigenvalue weighted by Crippen LogP contribution is -2.50. The van der Waals surface area contributed by atoms with Crippen LogP contribution < -0.4 is 0 Å². The molecule has 1 aliphatic heterocycles. The summed E-state index contributed by atoms with van der Waals surface area (Å²) in [5, 5.41) is 0. The second-order valence-corrected chi connectivity index (χ2v) is 4.09. The number of nitrogens with zero attached hydrogens (tertiary/aromatic N) is 2. The molecule has 14 heavy (non-hydrogen) atoms. The zero-order valence-corrected chi connectivity index (χ0v) is 8.32. The Kier molecular flexibility index (Phi) is 2.70. The summed E-state index contributed by atoms with van der Waals surface area (Å²) >= 11 is 0. The minimum Gasteiger partial charge on any atom is -0.342 e. The molecule has 78 valence electrons. The first-order valence-electron chi connectivity index (χ1n) is 5.29. The van der Waals surface area contributed by atoms with Crippen molar-refractivity contribution >= 4 is 12.3 Å². The Hall–Kier alpha value is -1.06. The summed E-state index contributed by atoms with van der Waals surface area (Å²) < 4.78 is 0. The lowest BCUT2D eigenvalue weighted by molar-refractivity contribution is -0.141. The van der Waals surface area contributed by atoms with Gasteiger partial charge in [-0.15, -0.1) is 0 Å². The van der Waals surface area contributed by atoms with Crippen LogP contribution in [0.15, 0.2) is 0 Å². The van der Waals surface area contributed by atoms with Gasteiger partial charge in [0.1, 0.15) is 0 Å². The molecule has 1 heterocycles. The van der Waals surface area contributed by atoms with Crippen molar-refractivity contribution in [2.24, 2.45) is 5.92 Å². The minimum absolute atomic E-state index is 0.290. The van der Waals surface area contributed by atoms with Gasteiger partial charge in [0.15, 0.2) is 0 Å². The fourth-order valence-electron chi connectivity index (χ4n) is 1.96. The summed E-state index contributed by atoms with van der Waals surface area (Å²) in [6.07, 6.45) is 4.19. The molecule has 0 atom stereocenters. The van der Waals surface area contributed by atoms with Gasteiger partial charge in [-0.2, -0.15) is 0 Å². The molecule has 0 N–H and O–H groups in total. The molecule has 2 amide bonds. The molecule has 1 saturated heterocycles. The van der Waals surface area contributed by atoms with Crippen LogP contribution in [0.5, 0.6) is 0 Å². The minimum atomic E-state index is 0.290. The normalized spacial score (nSPS) is 23.1. The Morgan fingerprint density at radius 1 is 1.14 bits per heavy atom. The summed E-state index contributed by atoms with van der Waals surface area (Å²) in [4.78, 5) is 25.9. The van der Waals surface area contributed by atoms with Gasteiger partial charge in [-0.25, -0.2) is 0 Å².